The van der Waals surface area contributed by atoms with Crippen LogP contribution in [0.3, 0.4) is 0 Å². The number of aromatic hydroxyl groups is 1. The van der Waals surface area contributed by atoms with E-state index in [1.165, 1.54) is 0 Å². The van der Waals surface area contributed by atoms with E-state index in [9.17, 15) is 9.90 Å². The van der Waals surface area contributed by atoms with Crippen LogP contribution in [-0.4, -0.2) is 23.6 Å². The average molecular weight is 278 g/mol. The maximum atomic E-state index is 11.8. The first-order valence-electron chi connectivity index (χ1n) is 7.06. The van der Waals surface area contributed by atoms with E-state index in [0.29, 0.717) is 13.0 Å². The summed E-state index contributed by atoms with van der Waals surface area (Å²) in [5.74, 6) is 0.256. The van der Waals surface area contributed by atoms with Gasteiger partial charge in [-0.2, -0.15) is 0 Å². The molecular formula is C16H26N2O2. The van der Waals surface area contributed by atoms with Crippen LogP contribution < -0.4 is 11.1 Å². The van der Waals surface area contributed by atoms with Crippen molar-refractivity contribution in [3.05, 3.63) is 29.8 Å². The molecule has 1 unspecified atom stereocenters. The summed E-state index contributed by atoms with van der Waals surface area (Å²) in [6.07, 6.45) is 1.95. The monoisotopic (exact) mass is 278 g/mol. The number of phenols is 1. The SMILES string of the molecule is CC(C)(C)CC(N)CC(=O)NCCc1ccc(O)cc1. The Kier molecular flexibility index (Phi) is 6.02. The van der Waals surface area contributed by atoms with Gasteiger partial charge in [0.05, 0.1) is 0 Å². The van der Waals surface area contributed by atoms with E-state index < -0.39 is 0 Å². The lowest BCUT2D eigenvalue weighted by molar-refractivity contribution is -0.121. The molecule has 0 saturated heterocycles. The Balaban J connectivity index is 2.25. The smallest absolute Gasteiger partial charge is 0.221 e. The standard InChI is InChI=1S/C16H26N2O2/c1-16(2,3)11-13(17)10-15(20)18-9-8-12-4-6-14(19)7-5-12/h4-7,13,19H,8-11,17H2,1-3H3,(H,18,20). The normalized spacial score (nSPS) is 13.0. The maximum Gasteiger partial charge on any atom is 0.221 e. The van der Waals surface area contributed by atoms with Crippen LogP contribution in [0.25, 0.3) is 0 Å². The second-order valence-electron chi connectivity index (χ2n) is 6.50. The van der Waals surface area contributed by atoms with Gasteiger partial charge in [-0.3, -0.25) is 4.79 Å². The van der Waals surface area contributed by atoms with Crippen molar-refractivity contribution in [2.24, 2.45) is 11.1 Å². The summed E-state index contributed by atoms with van der Waals surface area (Å²) in [6.45, 7) is 6.95. The Bertz CT molecular complexity index is 421. The molecule has 112 valence electrons. The van der Waals surface area contributed by atoms with Crippen molar-refractivity contribution in [3.63, 3.8) is 0 Å². The predicted octanol–water partition coefficient (Wildman–Crippen LogP) is 2.20. The number of carbonyl (C=O) groups excluding carboxylic acids is 1. The Labute approximate surface area is 121 Å². The summed E-state index contributed by atoms with van der Waals surface area (Å²) in [4.78, 5) is 11.8. The predicted molar refractivity (Wildman–Crippen MR) is 81.5 cm³/mol. The molecule has 1 aromatic carbocycles. The van der Waals surface area contributed by atoms with Crippen molar-refractivity contribution < 1.29 is 9.90 Å². The number of nitrogens with one attached hydrogen (secondary N) is 1. The lowest BCUT2D eigenvalue weighted by atomic mass is 9.87. The van der Waals surface area contributed by atoms with Crippen molar-refractivity contribution in [1.29, 1.82) is 0 Å². The second kappa shape index (κ2) is 7.29. The molecule has 4 nitrogen and oxygen atoms in total. The number of hydrogen-bond acceptors (Lipinski definition) is 3. The third-order valence-electron chi connectivity index (χ3n) is 2.99. The molecule has 1 aromatic rings. The van der Waals surface area contributed by atoms with E-state index >= 15 is 0 Å². The highest BCUT2D eigenvalue weighted by molar-refractivity contribution is 5.76. The highest BCUT2D eigenvalue weighted by atomic mass is 16.3. The summed E-state index contributed by atoms with van der Waals surface area (Å²) in [6, 6.07) is 6.91. The van der Waals surface area contributed by atoms with Gasteiger partial charge in [-0.05, 0) is 36.0 Å². The van der Waals surface area contributed by atoms with E-state index in [1.54, 1.807) is 12.1 Å². The maximum absolute atomic E-state index is 11.8. The number of hydrogen-bond donors (Lipinski definition) is 3. The highest BCUT2D eigenvalue weighted by Crippen LogP contribution is 2.20. The van der Waals surface area contributed by atoms with Crippen LogP contribution in [-0.2, 0) is 11.2 Å². The molecule has 0 aliphatic carbocycles. The molecule has 0 saturated carbocycles. The Morgan fingerprint density at radius 1 is 1.30 bits per heavy atom. The van der Waals surface area contributed by atoms with Gasteiger partial charge in [0.2, 0.25) is 5.91 Å². The van der Waals surface area contributed by atoms with Gasteiger partial charge in [-0.25, -0.2) is 0 Å². The van der Waals surface area contributed by atoms with Crippen LogP contribution in [0.4, 0.5) is 0 Å². The van der Waals surface area contributed by atoms with Gasteiger partial charge in [0.25, 0.3) is 0 Å². The van der Waals surface area contributed by atoms with Crippen molar-refractivity contribution in [3.8, 4) is 5.75 Å². The molecule has 1 amide bonds. The van der Waals surface area contributed by atoms with Crippen LogP contribution in [0.15, 0.2) is 24.3 Å². The molecule has 4 heteroatoms. The third kappa shape index (κ3) is 7.14. The van der Waals surface area contributed by atoms with E-state index in [2.05, 4.69) is 26.1 Å². The number of phenolic OH excluding ortho intramolecular Hbond substituents is 1. The zero-order valence-electron chi connectivity index (χ0n) is 12.6. The third-order valence-corrected chi connectivity index (χ3v) is 2.99. The zero-order chi connectivity index (χ0) is 15.2. The summed E-state index contributed by atoms with van der Waals surface area (Å²) in [5.41, 5.74) is 7.20. The molecule has 4 N–H and O–H groups in total. The van der Waals surface area contributed by atoms with Crippen LogP contribution in [0, 0.1) is 5.41 Å². The van der Waals surface area contributed by atoms with Crippen molar-refractivity contribution >= 4 is 5.91 Å². The molecule has 0 aromatic heterocycles. The minimum absolute atomic E-state index is 0.000489. The van der Waals surface area contributed by atoms with Gasteiger partial charge in [-0.15, -0.1) is 0 Å². The zero-order valence-corrected chi connectivity index (χ0v) is 12.6. The fraction of sp³-hybridized carbons (Fsp3) is 0.562. The van der Waals surface area contributed by atoms with Crippen LogP contribution in [0.5, 0.6) is 5.75 Å². The lowest BCUT2D eigenvalue weighted by Crippen LogP contribution is -2.34. The van der Waals surface area contributed by atoms with Gasteiger partial charge in [0.15, 0.2) is 0 Å². The molecule has 0 aliphatic rings. The first-order chi connectivity index (χ1) is 9.26. The number of rotatable bonds is 6. The molecule has 0 aliphatic heterocycles. The summed E-state index contributed by atoms with van der Waals surface area (Å²) in [7, 11) is 0. The summed E-state index contributed by atoms with van der Waals surface area (Å²) in [5, 5.41) is 12.1. The number of benzene rings is 1. The van der Waals surface area contributed by atoms with E-state index in [1.807, 2.05) is 12.1 Å². The van der Waals surface area contributed by atoms with Crippen LogP contribution in [0.1, 0.15) is 39.2 Å². The van der Waals surface area contributed by atoms with Gasteiger partial charge in [0.1, 0.15) is 5.75 Å². The first kappa shape index (κ1) is 16.5. The molecule has 0 spiro atoms. The summed E-state index contributed by atoms with van der Waals surface area (Å²) >= 11 is 0. The second-order valence-corrected chi connectivity index (χ2v) is 6.50. The molecule has 1 rings (SSSR count). The minimum atomic E-state index is -0.0938. The first-order valence-corrected chi connectivity index (χ1v) is 7.06. The molecule has 0 bridgehead atoms. The Morgan fingerprint density at radius 2 is 1.90 bits per heavy atom. The highest BCUT2D eigenvalue weighted by Gasteiger charge is 2.17. The molecule has 0 fully saturated rings. The fourth-order valence-electron chi connectivity index (χ4n) is 2.18. The topological polar surface area (TPSA) is 75.4 Å². The van der Waals surface area contributed by atoms with E-state index in [-0.39, 0.29) is 23.1 Å². The number of carbonyl (C=O) groups is 1. The van der Waals surface area contributed by atoms with E-state index in [0.717, 1.165) is 18.4 Å². The largest absolute Gasteiger partial charge is 0.508 e. The number of amides is 1. The van der Waals surface area contributed by atoms with Gasteiger partial charge < -0.3 is 16.2 Å². The molecule has 1 atom stereocenters. The van der Waals surface area contributed by atoms with Crippen molar-refractivity contribution in [2.75, 3.05) is 6.54 Å². The molecular weight excluding hydrogens is 252 g/mol. The Hall–Kier alpha value is -1.55. The lowest BCUT2D eigenvalue weighted by Gasteiger charge is -2.22. The molecule has 0 radical (unpaired) electrons. The molecule has 20 heavy (non-hydrogen) atoms. The van der Waals surface area contributed by atoms with Crippen LogP contribution in [0.2, 0.25) is 0 Å². The van der Waals surface area contributed by atoms with Gasteiger partial charge >= 0.3 is 0 Å². The van der Waals surface area contributed by atoms with Crippen molar-refractivity contribution in [1.82, 2.24) is 5.32 Å². The van der Waals surface area contributed by atoms with Crippen molar-refractivity contribution in [2.45, 2.75) is 46.1 Å². The van der Waals surface area contributed by atoms with E-state index in [4.69, 9.17) is 5.73 Å². The van der Waals surface area contributed by atoms with Gasteiger partial charge in [0, 0.05) is 19.0 Å². The summed E-state index contributed by atoms with van der Waals surface area (Å²) < 4.78 is 0. The quantitative estimate of drug-likeness (QED) is 0.746. The fourth-order valence-corrected chi connectivity index (χ4v) is 2.18. The Morgan fingerprint density at radius 3 is 2.45 bits per heavy atom. The molecule has 0 heterocycles. The van der Waals surface area contributed by atoms with Crippen LogP contribution >= 0.6 is 0 Å². The average Bonchev–Trinajstić information content (AvgIpc) is 2.29. The minimum Gasteiger partial charge on any atom is -0.508 e. The van der Waals surface area contributed by atoms with Gasteiger partial charge in [-0.1, -0.05) is 32.9 Å². The number of nitrogens with two attached hydrogens (primary N) is 1.